The van der Waals surface area contributed by atoms with Crippen LogP contribution in [0, 0.1) is 0 Å². The van der Waals surface area contributed by atoms with Crippen molar-refractivity contribution in [1.29, 1.82) is 0 Å². The van der Waals surface area contributed by atoms with Gasteiger partial charge in [-0.1, -0.05) is 123 Å². The van der Waals surface area contributed by atoms with Crippen molar-refractivity contribution < 1.29 is 8.83 Å². The predicted molar refractivity (Wildman–Crippen MR) is 268 cm³/mol. The number of benzene rings is 7. The lowest BCUT2D eigenvalue weighted by atomic mass is 9.63. The Bertz CT molecular complexity index is 3690. The lowest BCUT2D eigenvalue weighted by Gasteiger charge is -2.23. The van der Waals surface area contributed by atoms with Crippen molar-refractivity contribution >= 4 is 116 Å². The number of anilines is 2. The van der Waals surface area contributed by atoms with Crippen LogP contribution in [0.5, 0.6) is 0 Å². The fraction of sp³-hybridized carbons (Fsp3) is 0.214. The highest BCUT2D eigenvalue weighted by molar-refractivity contribution is 7.29. The van der Waals surface area contributed by atoms with E-state index in [9.17, 15) is 0 Å². The second-order valence-corrected chi connectivity index (χ2v) is 21.8. The molecule has 1 aliphatic rings. The molecule has 0 spiro atoms. The Balaban J connectivity index is 1.15. The second-order valence-electron chi connectivity index (χ2n) is 20.7. The molecular weight excluding hydrogens is 776 g/mol. The molecule has 11 aromatic rings. The first-order chi connectivity index (χ1) is 29.6. The number of furan rings is 2. The number of fused-ring (bicyclic) bond motifs is 13. The van der Waals surface area contributed by atoms with E-state index in [-0.39, 0.29) is 16.2 Å². The van der Waals surface area contributed by atoms with Crippen molar-refractivity contribution in [2.24, 2.45) is 0 Å². The Hall–Kier alpha value is -6.24. The number of hydrogen-bond donors (Lipinski definition) is 1. The first-order valence-corrected chi connectivity index (χ1v) is 22.8. The molecule has 62 heavy (non-hydrogen) atoms. The molecule has 0 fully saturated rings. The molecule has 12 rings (SSSR count). The second kappa shape index (κ2) is 12.7. The standard InChI is InChI=1S/C56H49BN2O2S/c1-54(2,3)30-14-18-33(19-15-30)58-43-27-41-35-20-16-32(56(7,8)9)25-46(35)61-47(41)28-38(43)36-21-22-37-39-26-40-34-12-10-11-13-45(34)60-48(40)29-44(39)59-51(37)50(36)57-53-52(59)42-24-31(55(4,5)6)17-23-49(42)62-53/h10-29,57-58H,1-9H3. The van der Waals surface area contributed by atoms with Gasteiger partial charge in [-0.2, -0.15) is 0 Å². The van der Waals surface area contributed by atoms with Crippen LogP contribution in [0.3, 0.4) is 0 Å². The van der Waals surface area contributed by atoms with E-state index < -0.39 is 0 Å². The van der Waals surface area contributed by atoms with E-state index in [0.717, 1.165) is 68.1 Å². The van der Waals surface area contributed by atoms with Crippen LogP contribution in [0.2, 0.25) is 0 Å². The molecule has 6 heteroatoms. The summed E-state index contributed by atoms with van der Waals surface area (Å²) in [5.74, 6) is 0. The van der Waals surface area contributed by atoms with Gasteiger partial charge in [-0.3, -0.25) is 0 Å². The highest BCUT2D eigenvalue weighted by atomic mass is 32.1. The van der Waals surface area contributed by atoms with Gasteiger partial charge in [0.1, 0.15) is 22.3 Å². The molecule has 1 N–H and O–H groups in total. The lowest BCUT2D eigenvalue weighted by molar-refractivity contribution is 0.587. The molecule has 0 unspecified atom stereocenters. The Labute approximate surface area is 366 Å². The number of nitrogens with zero attached hydrogens (tertiary/aromatic N) is 1. The summed E-state index contributed by atoms with van der Waals surface area (Å²) >= 11 is 1.93. The average Bonchev–Trinajstić information content (AvgIpc) is 3.97. The zero-order valence-corrected chi connectivity index (χ0v) is 37.7. The van der Waals surface area contributed by atoms with Crippen LogP contribution in [-0.2, 0) is 16.2 Å². The van der Waals surface area contributed by atoms with Gasteiger partial charge < -0.3 is 18.7 Å². The van der Waals surface area contributed by atoms with Crippen molar-refractivity contribution in [2.45, 2.75) is 78.6 Å². The fourth-order valence-electron chi connectivity index (χ4n) is 10.0. The average molecular weight is 825 g/mol. The Kier molecular flexibility index (Phi) is 7.67. The first-order valence-electron chi connectivity index (χ1n) is 21.9. The topological polar surface area (TPSA) is 43.2 Å². The Morgan fingerprint density at radius 2 is 1.13 bits per heavy atom. The summed E-state index contributed by atoms with van der Waals surface area (Å²) in [6.07, 6.45) is 0. The highest BCUT2D eigenvalue weighted by Crippen LogP contribution is 2.45. The van der Waals surface area contributed by atoms with Crippen LogP contribution < -0.4 is 15.6 Å². The van der Waals surface area contributed by atoms with E-state index in [4.69, 9.17) is 8.83 Å². The smallest absolute Gasteiger partial charge is 0.211 e. The van der Waals surface area contributed by atoms with Gasteiger partial charge in [0.25, 0.3) is 0 Å². The van der Waals surface area contributed by atoms with Gasteiger partial charge in [-0.05, 0) is 103 Å². The molecule has 7 aromatic carbocycles. The maximum atomic E-state index is 6.82. The molecule has 0 radical (unpaired) electrons. The minimum Gasteiger partial charge on any atom is -0.456 e. The number of rotatable bonds is 3. The molecule has 0 saturated heterocycles. The van der Waals surface area contributed by atoms with Gasteiger partial charge in [0.05, 0.1) is 11.2 Å². The zero-order valence-electron chi connectivity index (χ0n) is 36.9. The summed E-state index contributed by atoms with van der Waals surface area (Å²) in [7, 11) is 0.828. The molecule has 0 saturated carbocycles. The predicted octanol–water partition coefficient (Wildman–Crippen LogP) is 14.8. The normalized spacial score (nSPS) is 13.4. The Morgan fingerprint density at radius 1 is 0.500 bits per heavy atom. The number of thiophene rings is 1. The largest absolute Gasteiger partial charge is 0.456 e. The summed E-state index contributed by atoms with van der Waals surface area (Å²) in [6.45, 7) is 20.5. The summed E-state index contributed by atoms with van der Waals surface area (Å²) in [6, 6.07) is 45.2. The maximum absolute atomic E-state index is 6.82. The maximum Gasteiger partial charge on any atom is 0.211 e. The molecule has 304 valence electrons. The van der Waals surface area contributed by atoms with Crippen molar-refractivity contribution in [3.63, 3.8) is 0 Å². The Morgan fingerprint density at radius 3 is 1.90 bits per heavy atom. The van der Waals surface area contributed by atoms with Crippen LogP contribution >= 0.6 is 11.3 Å². The van der Waals surface area contributed by atoms with E-state index in [1.54, 1.807) is 0 Å². The SMILES string of the molecule is CC(C)(C)c1ccc(Nc2cc3c(cc2-c2ccc4c5cc6c(cc5n5c4c2Bc2sc4ccc(C(C)(C)C)cc4c2-5)oc2ccccc26)oc2cc(C(C)(C)C)ccc23)cc1. The number of hydrogen-bond acceptors (Lipinski definition) is 4. The van der Waals surface area contributed by atoms with Gasteiger partial charge >= 0.3 is 0 Å². The number of para-hydroxylation sites is 1. The van der Waals surface area contributed by atoms with Crippen LogP contribution in [0.15, 0.2) is 130 Å². The minimum absolute atomic E-state index is 0.0101. The van der Waals surface area contributed by atoms with E-state index in [1.807, 2.05) is 11.3 Å². The third-order valence-electron chi connectivity index (χ3n) is 13.5. The molecule has 1 aliphatic heterocycles. The van der Waals surface area contributed by atoms with Crippen molar-refractivity contribution in [3.05, 3.63) is 138 Å². The summed E-state index contributed by atoms with van der Waals surface area (Å²) in [5, 5.41) is 12.3. The quantitative estimate of drug-likeness (QED) is 0.181. The fourth-order valence-corrected chi connectivity index (χ4v) is 11.2. The molecule has 4 aromatic heterocycles. The van der Waals surface area contributed by atoms with Crippen molar-refractivity contribution in [3.8, 4) is 16.8 Å². The molecule has 0 bridgehead atoms. The van der Waals surface area contributed by atoms with E-state index in [0.29, 0.717) is 0 Å². The third kappa shape index (κ3) is 5.58. The van der Waals surface area contributed by atoms with Crippen molar-refractivity contribution in [1.82, 2.24) is 4.57 Å². The monoisotopic (exact) mass is 824 g/mol. The van der Waals surface area contributed by atoms with Gasteiger partial charge in [0.15, 0.2) is 0 Å². The van der Waals surface area contributed by atoms with E-state index >= 15 is 0 Å². The summed E-state index contributed by atoms with van der Waals surface area (Å²) < 4.78 is 18.7. The van der Waals surface area contributed by atoms with Crippen LogP contribution in [0.25, 0.3) is 92.6 Å². The molecular formula is C56H49BN2O2S. The first kappa shape index (κ1) is 37.5. The summed E-state index contributed by atoms with van der Waals surface area (Å²) in [5.41, 5.74) is 17.2. The van der Waals surface area contributed by atoms with Crippen LogP contribution in [0.4, 0.5) is 11.4 Å². The minimum atomic E-state index is 0.0101. The highest BCUT2D eigenvalue weighted by Gasteiger charge is 2.31. The van der Waals surface area contributed by atoms with Crippen LogP contribution in [0.1, 0.15) is 79.0 Å². The zero-order chi connectivity index (χ0) is 42.6. The molecule has 0 atom stereocenters. The van der Waals surface area contributed by atoms with Gasteiger partial charge in [0, 0.05) is 70.9 Å². The van der Waals surface area contributed by atoms with Gasteiger partial charge in [0.2, 0.25) is 7.28 Å². The number of nitrogens with one attached hydrogen (secondary N) is 1. The van der Waals surface area contributed by atoms with Crippen molar-refractivity contribution in [2.75, 3.05) is 5.32 Å². The molecule has 4 nitrogen and oxygen atoms in total. The van der Waals surface area contributed by atoms with Gasteiger partial charge in [-0.25, -0.2) is 0 Å². The molecule has 5 heterocycles. The van der Waals surface area contributed by atoms with Crippen LogP contribution in [-0.4, -0.2) is 11.8 Å². The molecule has 0 aliphatic carbocycles. The summed E-state index contributed by atoms with van der Waals surface area (Å²) in [4.78, 5) is 0. The van der Waals surface area contributed by atoms with Gasteiger partial charge in [-0.15, -0.1) is 11.3 Å². The molecule has 0 amide bonds. The number of aromatic nitrogens is 1. The lowest BCUT2D eigenvalue weighted by Crippen LogP contribution is -2.35. The van der Waals surface area contributed by atoms with E-state index in [2.05, 4.69) is 194 Å². The van der Waals surface area contributed by atoms with E-state index in [1.165, 1.54) is 70.1 Å². The third-order valence-corrected chi connectivity index (χ3v) is 14.6.